The fourth-order valence-electron chi connectivity index (χ4n) is 2.65. The largest absolute Gasteiger partial charge is 0.324 e. The molecule has 3 aromatic carbocycles. The van der Waals surface area contributed by atoms with Crippen LogP contribution in [0.2, 0.25) is 10.0 Å². The van der Waals surface area contributed by atoms with Crippen LogP contribution in [0, 0.1) is 6.92 Å². The van der Waals surface area contributed by atoms with Crippen molar-refractivity contribution in [1.29, 1.82) is 0 Å². The number of carbonyl (C=O) groups excluding carboxylic acids is 1. The Morgan fingerprint density at radius 3 is 2.21 bits per heavy atom. The first-order chi connectivity index (χ1) is 13.8. The fraction of sp³-hybridized carbons (Fsp3) is 0.0952. The Morgan fingerprint density at radius 1 is 0.931 bits per heavy atom. The van der Waals surface area contributed by atoms with Crippen LogP contribution in [0.1, 0.15) is 5.56 Å². The predicted octanol–water partition coefficient (Wildman–Crippen LogP) is 5.14. The highest BCUT2D eigenvalue weighted by Gasteiger charge is 2.27. The van der Waals surface area contributed by atoms with Gasteiger partial charge in [-0.3, -0.25) is 9.10 Å². The molecule has 5 nitrogen and oxygen atoms in total. The zero-order valence-corrected chi connectivity index (χ0v) is 17.8. The standard InChI is InChI=1S/C21H18Cl2N2O3S/c1-15-7-10-17(11-8-15)25(29(27,28)18-5-3-2-4-6-18)14-21(26)24-16-9-12-19(22)20(23)13-16/h2-13H,14H2,1H3,(H,24,26). The highest BCUT2D eigenvalue weighted by Crippen LogP contribution is 2.26. The molecule has 0 aromatic heterocycles. The van der Waals surface area contributed by atoms with E-state index in [1.54, 1.807) is 54.6 Å². The van der Waals surface area contributed by atoms with E-state index in [0.29, 0.717) is 16.4 Å². The van der Waals surface area contributed by atoms with Gasteiger partial charge in [0.05, 0.1) is 20.6 Å². The summed E-state index contributed by atoms with van der Waals surface area (Å²) in [7, 11) is -3.94. The lowest BCUT2D eigenvalue weighted by Gasteiger charge is -2.24. The van der Waals surface area contributed by atoms with Crippen LogP contribution < -0.4 is 9.62 Å². The molecule has 0 atom stereocenters. The normalized spacial score (nSPS) is 11.1. The molecule has 0 aliphatic carbocycles. The first kappa shape index (κ1) is 21.2. The molecule has 0 unspecified atom stereocenters. The summed E-state index contributed by atoms with van der Waals surface area (Å²) >= 11 is 11.9. The Bertz CT molecular complexity index is 1120. The number of benzene rings is 3. The van der Waals surface area contributed by atoms with Gasteiger partial charge in [-0.25, -0.2) is 8.42 Å². The van der Waals surface area contributed by atoms with Gasteiger partial charge in [0, 0.05) is 5.69 Å². The van der Waals surface area contributed by atoms with Gasteiger partial charge in [0.1, 0.15) is 6.54 Å². The van der Waals surface area contributed by atoms with Gasteiger partial charge in [0.2, 0.25) is 5.91 Å². The Morgan fingerprint density at radius 2 is 1.59 bits per heavy atom. The van der Waals surface area contributed by atoms with Crippen molar-refractivity contribution in [3.8, 4) is 0 Å². The predicted molar refractivity (Wildman–Crippen MR) is 117 cm³/mol. The molecule has 29 heavy (non-hydrogen) atoms. The van der Waals surface area contributed by atoms with Crippen molar-refractivity contribution in [1.82, 2.24) is 0 Å². The molecule has 0 bridgehead atoms. The van der Waals surface area contributed by atoms with Crippen molar-refractivity contribution in [2.45, 2.75) is 11.8 Å². The highest BCUT2D eigenvalue weighted by atomic mass is 35.5. The molecule has 1 amide bonds. The van der Waals surface area contributed by atoms with Crippen molar-refractivity contribution in [3.05, 3.63) is 88.4 Å². The van der Waals surface area contributed by atoms with Gasteiger partial charge in [0.25, 0.3) is 10.0 Å². The molecule has 150 valence electrons. The smallest absolute Gasteiger partial charge is 0.264 e. The first-order valence-electron chi connectivity index (χ1n) is 8.67. The van der Waals surface area contributed by atoms with Crippen LogP contribution in [0.5, 0.6) is 0 Å². The van der Waals surface area contributed by atoms with Crippen molar-refractivity contribution in [3.63, 3.8) is 0 Å². The maximum Gasteiger partial charge on any atom is 0.264 e. The van der Waals surface area contributed by atoms with Crippen molar-refractivity contribution >= 4 is 50.5 Å². The molecule has 0 aliphatic heterocycles. The lowest BCUT2D eigenvalue weighted by Crippen LogP contribution is -2.38. The Labute approximate surface area is 179 Å². The van der Waals surface area contributed by atoms with E-state index in [2.05, 4.69) is 5.32 Å². The third-order valence-corrected chi connectivity index (χ3v) is 6.67. The molecule has 0 fully saturated rings. The van der Waals surface area contributed by atoms with Gasteiger partial charge in [-0.05, 0) is 49.4 Å². The first-order valence-corrected chi connectivity index (χ1v) is 10.9. The van der Waals surface area contributed by atoms with Crippen LogP contribution in [-0.4, -0.2) is 20.9 Å². The van der Waals surface area contributed by atoms with E-state index in [9.17, 15) is 13.2 Å². The Hall–Kier alpha value is -2.54. The summed E-state index contributed by atoms with van der Waals surface area (Å²) in [4.78, 5) is 12.7. The number of amides is 1. The van der Waals surface area contributed by atoms with Crippen LogP contribution >= 0.6 is 23.2 Å². The second kappa shape index (κ2) is 8.86. The lowest BCUT2D eigenvalue weighted by molar-refractivity contribution is -0.114. The van der Waals surface area contributed by atoms with E-state index in [1.165, 1.54) is 18.2 Å². The van der Waals surface area contributed by atoms with Crippen LogP contribution in [0.25, 0.3) is 0 Å². The fourth-order valence-corrected chi connectivity index (χ4v) is 4.39. The van der Waals surface area contributed by atoms with E-state index < -0.39 is 22.5 Å². The third-order valence-electron chi connectivity index (χ3n) is 4.14. The summed E-state index contributed by atoms with van der Waals surface area (Å²) in [5.41, 5.74) is 1.79. The molecule has 0 saturated heterocycles. The van der Waals surface area contributed by atoms with E-state index in [-0.39, 0.29) is 9.92 Å². The average molecular weight is 449 g/mol. The van der Waals surface area contributed by atoms with Crippen LogP contribution in [-0.2, 0) is 14.8 Å². The van der Waals surface area contributed by atoms with Gasteiger partial charge in [-0.15, -0.1) is 0 Å². The summed E-state index contributed by atoms with van der Waals surface area (Å²) in [5, 5.41) is 3.30. The molecule has 1 N–H and O–H groups in total. The lowest BCUT2D eigenvalue weighted by atomic mass is 10.2. The maximum atomic E-state index is 13.2. The number of aryl methyl sites for hydroxylation is 1. The number of carbonyl (C=O) groups is 1. The maximum absolute atomic E-state index is 13.2. The SMILES string of the molecule is Cc1ccc(N(CC(=O)Nc2ccc(Cl)c(Cl)c2)S(=O)(=O)c2ccccc2)cc1. The molecule has 0 saturated carbocycles. The molecule has 3 aromatic rings. The molecule has 8 heteroatoms. The monoisotopic (exact) mass is 448 g/mol. The van der Waals surface area contributed by atoms with Crippen molar-refractivity contribution < 1.29 is 13.2 Å². The average Bonchev–Trinajstić information content (AvgIpc) is 2.70. The zero-order chi connectivity index (χ0) is 21.0. The van der Waals surface area contributed by atoms with Gasteiger partial charge >= 0.3 is 0 Å². The number of hydrogen-bond acceptors (Lipinski definition) is 3. The summed E-state index contributed by atoms with van der Waals surface area (Å²) in [6.07, 6.45) is 0. The van der Waals surface area contributed by atoms with Gasteiger partial charge in [0.15, 0.2) is 0 Å². The van der Waals surface area contributed by atoms with Crippen molar-refractivity contribution in [2.24, 2.45) is 0 Å². The van der Waals surface area contributed by atoms with E-state index in [1.807, 2.05) is 6.92 Å². The second-order valence-electron chi connectivity index (χ2n) is 6.34. The van der Waals surface area contributed by atoms with Gasteiger partial charge in [-0.2, -0.15) is 0 Å². The van der Waals surface area contributed by atoms with E-state index in [4.69, 9.17) is 23.2 Å². The van der Waals surface area contributed by atoms with Gasteiger partial charge in [-0.1, -0.05) is 59.1 Å². The van der Waals surface area contributed by atoms with Crippen LogP contribution in [0.3, 0.4) is 0 Å². The topological polar surface area (TPSA) is 66.5 Å². The summed E-state index contributed by atoms with van der Waals surface area (Å²) in [6.45, 7) is 1.50. The number of sulfonamides is 1. The minimum Gasteiger partial charge on any atom is -0.324 e. The highest BCUT2D eigenvalue weighted by molar-refractivity contribution is 7.92. The Balaban J connectivity index is 1.92. The molecule has 0 radical (unpaired) electrons. The van der Waals surface area contributed by atoms with Crippen molar-refractivity contribution in [2.75, 3.05) is 16.2 Å². The molecule has 0 spiro atoms. The molecule has 0 aliphatic rings. The number of hydrogen-bond donors (Lipinski definition) is 1. The quantitative estimate of drug-likeness (QED) is 0.567. The number of halogens is 2. The van der Waals surface area contributed by atoms with Gasteiger partial charge < -0.3 is 5.32 Å². The third kappa shape index (κ3) is 5.09. The number of rotatable bonds is 6. The van der Waals surface area contributed by atoms with Crippen LogP contribution in [0.15, 0.2) is 77.7 Å². The van der Waals surface area contributed by atoms with E-state index in [0.717, 1.165) is 9.87 Å². The number of nitrogens with one attached hydrogen (secondary N) is 1. The molecular weight excluding hydrogens is 431 g/mol. The summed E-state index contributed by atoms with van der Waals surface area (Å²) in [5.74, 6) is -0.511. The summed E-state index contributed by atoms with van der Waals surface area (Å²) < 4.78 is 27.5. The minimum absolute atomic E-state index is 0.0999. The second-order valence-corrected chi connectivity index (χ2v) is 9.01. The minimum atomic E-state index is -3.94. The van der Waals surface area contributed by atoms with Crippen LogP contribution in [0.4, 0.5) is 11.4 Å². The van der Waals surface area contributed by atoms with E-state index >= 15 is 0 Å². The molecular formula is C21H18Cl2N2O3S. The number of nitrogens with zero attached hydrogens (tertiary/aromatic N) is 1. The number of anilines is 2. The zero-order valence-electron chi connectivity index (χ0n) is 15.5. The Kier molecular flexibility index (Phi) is 6.47. The molecule has 0 heterocycles. The summed E-state index contributed by atoms with van der Waals surface area (Å²) in [6, 6.07) is 19.6. The molecule has 3 rings (SSSR count).